The van der Waals surface area contributed by atoms with E-state index in [-0.39, 0.29) is 5.54 Å². The van der Waals surface area contributed by atoms with E-state index in [1.807, 2.05) is 0 Å². The molecule has 0 saturated heterocycles. The molecule has 0 radical (unpaired) electrons. The normalized spacial score (nSPS) is 38.4. The van der Waals surface area contributed by atoms with Crippen molar-refractivity contribution >= 4 is 0 Å². The van der Waals surface area contributed by atoms with Gasteiger partial charge in [-0.15, -0.1) is 0 Å². The van der Waals surface area contributed by atoms with Gasteiger partial charge in [0.2, 0.25) is 0 Å². The van der Waals surface area contributed by atoms with Crippen LogP contribution in [0.25, 0.3) is 0 Å². The van der Waals surface area contributed by atoms with Crippen LogP contribution in [0.3, 0.4) is 0 Å². The number of rotatable bonds is 1. The molecule has 10 heavy (non-hydrogen) atoms. The number of hydrogen-bond donors (Lipinski definition) is 2. The van der Waals surface area contributed by atoms with Gasteiger partial charge in [0.1, 0.15) is 0 Å². The first kappa shape index (κ1) is 8.02. The smallest absolute Gasteiger partial charge is 0.0283 e. The van der Waals surface area contributed by atoms with Crippen LogP contribution in [0.1, 0.15) is 33.1 Å². The van der Waals surface area contributed by atoms with Crippen molar-refractivity contribution in [3.8, 4) is 0 Å². The van der Waals surface area contributed by atoms with Crippen molar-refractivity contribution in [1.29, 1.82) is 0 Å². The second kappa shape index (κ2) is 2.21. The summed E-state index contributed by atoms with van der Waals surface area (Å²) in [5, 5.41) is 0. The monoisotopic (exact) mass is 142 g/mol. The molecule has 2 nitrogen and oxygen atoms in total. The zero-order valence-corrected chi connectivity index (χ0v) is 6.98. The molecule has 1 fully saturated rings. The Bertz CT molecular complexity index is 131. The van der Waals surface area contributed by atoms with Gasteiger partial charge in [0.15, 0.2) is 0 Å². The van der Waals surface area contributed by atoms with E-state index in [1.165, 1.54) is 6.42 Å². The maximum Gasteiger partial charge on any atom is 0.0283 e. The van der Waals surface area contributed by atoms with Crippen molar-refractivity contribution in [2.45, 2.75) is 38.6 Å². The van der Waals surface area contributed by atoms with Crippen molar-refractivity contribution in [2.75, 3.05) is 6.54 Å². The minimum absolute atomic E-state index is 0.0521. The fraction of sp³-hybridized carbons (Fsp3) is 1.00. The topological polar surface area (TPSA) is 52.0 Å². The Hall–Kier alpha value is -0.0800. The third kappa shape index (κ3) is 1.50. The van der Waals surface area contributed by atoms with Gasteiger partial charge < -0.3 is 11.5 Å². The highest BCUT2D eigenvalue weighted by Gasteiger charge is 2.38. The van der Waals surface area contributed by atoms with Crippen molar-refractivity contribution < 1.29 is 0 Å². The molecule has 0 aromatic rings. The van der Waals surface area contributed by atoms with Gasteiger partial charge in [-0.25, -0.2) is 0 Å². The SMILES string of the molecule is CC1(C)CCC(N)(CN)C1. The molecule has 1 aliphatic rings. The summed E-state index contributed by atoms with van der Waals surface area (Å²) in [6.45, 7) is 5.16. The molecular weight excluding hydrogens is 124 g/mol. The Labute approximate surface area is 63.0 Å². The van der Waals surface area contributed by atoms with Crippen LogP contribution in [0.5, 0.6) is 0 Å². The number of hydrogen-bond acceptors (Lipinski definition) is 2. The highest BCUT2D eigenvalue weighted by Crippen LogP contribution is 2.41. The third-order valence-electron chi connectivity index (χ3n) is 2.54. The zero-order chi connectivity index (χ0) is 7.83. The molecule has 2 heteroatoms. The van der Waals surface area contributed by atoms with Gasteiger partial charge in [-0.05, 0) is 24.7 Å². The van der Waals surface area contributed by atoms with Crippen LogP contribution in [-0.4, -0.2) is 12.1 Å². The molecule has 0 heterocycles. The molecule has 0 aliphatic heterocycles. The molecule has 0 aromatic carbocycles. The molecule has 1 atom stereocenters. The molecule has 1 unspecified atom stereocenters. The average Bonchev–Trinajstić information content (AvgIpc) is 2.08. The van der Waals surface area contributed by atoms with Crippen LogP contribution in [0.15, 0.2) is 0 Å². The predicted molar refractivity (Wildman–Crippen MR) is 43.6 cm³/mol. The van der Waals surface area contributed by atoms with E-state index >= 15 is 0 Å². The van der Waals surface area contributed by atoms with Crippen LogP contribution in [0.4, 0.5) is 0 Å². The first-order valence-electron chi connectivity index (χ1n) is 3.96. The lowest BCUT2D eigenvalue weighted by Gasteiger charge is -2.24. The maximum absolute atomic E-state index is 6.01. The summed E-state index contributed by atoms with van der Waals surface area (Å²) >= 11 is 0. The standard InChI is InChI=1S/C8H18N2/c1-7(2)3-4-8(10,5-7)6-9/h3-6,9-10H2,1-2H3. The minimum Gasteiger partial charge on any atom is -0.329 e. The molecule has 4 N–H and O–H groups in total. The average molecular weight is 142 g/mol. The molecule has 60 valence electrons. The van der Waals surface area contributed by atoms with Gasteiger partial charge in [-0.1, -0.05) is 13.8 Å². The second-order valence-corrected chi connectivity index (χ2v) is 4.41. The fourth-order valence-electron chi connectivity index (χ4n) is 1.89. The summed E-state index contributed by atoms with van der Waals surface area (Å²) in [5.74, 6) is 0. The molecule has 0 aromatic heterocycles. The largest absolute Gasteiger partial charge is 0.329 e. The van der Waals surface area contributed by atoms with E-state index in [9.17, 15) is 0 Å². The Kier molecular flexibility index (Phi) is 1.77. The van der Waals surface area contributed by atoms with Crippen LogP contribution in [0, 0.1) is 5.41 Å². The van der Waals surface area contributed by atoms with Crippen LogP contribution in [-0.2, 0) is 0 Å². The van der Waals surface area contributed by atoms with Crippen molar-refractivity contribution in [3.05, 3.63) is 0 Å². The lowest BCUT2D eigenvalue weighted by molar-refractivity contribution is 0.339. The highest BCUT2D eigenvalue weighted by molar-refractivity contribution is 4.97. The summed E-state index contributed by atoms with van der Waals surface area (Å²) in [6, 6.07) is 0. The fourth-order valence-corrected chi connectivity index (χ4v) is 1.89. The Morgan fingerprint density at radius 2 is 1.90 bits per heavy atom. The van der Waals surface area contributed by atoms with E-state index in [1.54, 1.807) is 0 Å². The molecular formula is C8H18N2. The molecule has 0 amide bonds. The first-order chi connectivity index (χ1) is 4.47. The van der Waals surface area contributed by atoms with Gasteiger partial charge in [0, 0.05) is 12.1 Å². The summed E-state index contributed by atoms with van der Waals surface area (Å²) in [4.78, 5) is 0. The molecule has 0 bridgehead atoms. The predicted octanol–water partition coefficient (Wildman–Crippen LogP) is 0.853. The van der Waals surface area contributed by atoms with E-state index in [0.29, 0.717) is 12.0 Å². The lowest BCUT2D eigenvalue weighted by Crippen LogP contribution is -2.45. The van der Waals surface area contributed by atoms with Crippen LogP contribution in [0.2, 0.25) is 0 Å². The molecule has 1 rings (SSSR count). The van der Waals surface area contributed by atoms with Gasteiger partial charge in [0.05, 0.1) is 0 Å². The van der Waals surface area contributed by atoms with E-state index in [4.69, 9.17) is 11.5 Å². The van der Waals surface area contributed by atoms with E-state index < -0.39 is 0 Å². The van der Waals surface area contributed by atoms with Gasteiger partial charge >= 0.3 is 0 Å². The third-order valence-corrected chi connectivity index (χ3v) is 2.54. The van der Waals surface area contributed by atoms with Crippen molar-refractivity contribution in [3.63, 3.8) is 0 Å². The van der Waals surface area contributed by atoms with Gasteiger partial charge in [-0.2, -0.15) is 0 Å². The molecule has 1 saturated carbocycles. The summed E-state index contributed by atoms with van der Waals surface area (Å²) in [6.07, 6.45) is 3.40. The van der Waals surface area contributed by atoms with Crippen LogP contribution < -0.4 is 11.5 Å². The summed E-state index contributed by atoms with van der Waals surface area (Å²) < 4.78 is 0. The Balaban J connectivity index is 2.57. The van der Waals surface area contributed by atoms with Crippen molar-refractivity contribution in [2.24, 2.45) is 16.9 Å². The maximum atomic E-state index is 6.01. The van der Waals surface area contributed by atoms with Crippen LogP contribution >= 0.6 is 0 Å². The van der Waals surface area contributed by atoms with E-state index in [0.717, 1.165) is 12.8 Å². The molecule has 1 aliphatic carbocycles. The van der Waals surface area contributed by atoms with Gasteiger partial charge in [-0.3, -0.25) is 0 Å². The van der Waals surface area contributed by atoms with E-state index in [2.05, 4.69) is 13.8 Å². The molecule has 0 spiro atoms. The highest BCUT2D eigenvalue weighted by atomic mass is 14.8. The van der Waals surface area contributed by atoms with Crippen molar-refractivity contribution in [1.82, 2.24) is 0 Å². The minimum atomic E-state index is -0.0521. The zero-order valence-electron chi connectivity index (χ0n) is 6.98. The lowest BCUT2D eigenvalue weighted by atomic mass is 9.88. The Morgan fingerprint density at radius 3 is 2.10 bits per heavy atom. The quantitative estimate of drug-likeness (QED) is 0.570. The summed E-state index contributed by atoms with van der Waals surface area (Å²) in [7, 11) is 0. The van der Waals surface area contributed by atoms with Gasteiger partial charge in [0.25, 0.3) is 0 Å². The Morgan fingerprint density at radius 1 is 1.30 bits per heavy atom. The number of nitrogens with two attached hydrogens (primary N) is 2. The first-order valence-corrected chi connectivity index (χ1v) is 3.96. The summed E-state index contributed by atoms with van der Waals surface area (Å²) in [5.41, 5.74) is 11.9. The second-order valence-electron chi connectivity index (χ2n) is 4.41.